The summed E-state index contributed by atoms with van der Waals surface area (Å²) < 4.78 is 16.1. The smallest absolute Gasteiger partial charge is 0.412 e. The van der Waals surface area contributed by atoms with Crippen molar-refractivity contribution in [3.8, 4) is 0 Å². The van der Waals surface area contributed by atoms with E-state index in [9.17, 15) is 4.79 Å². The van der Waals surface area contributed by atoms with Crippen LogP contribution in [-0.4, -0.2) is 52.4 Å². The Labute approximate surface area is 111 Å². The van der Waals surface area contributed by atoms with Gasteiger partial charge in [0.1, 0.15) is 0 Å². The number of hydrogen-bond donors (Lipinski definition) is 0. The fourth-order valence-electron chi connectivity index (χ4n) is 1.28. The van der Waals surface area contributed by atoms with E-state index in [4.69, 9.17) is 13.9 Å². The largest absolute Gasteiger partial charge is 0.423 e. The molecular weight excluding hydrogens is 250 g/mol. The summed E-state index contributed by atoms with van der Waals surface area (Å²) in [5.41, 5.74) is 0. The zero-order chi connectivity index (χ0) is 13.8. The minimum absolute atomic E-state index is 0.0483. The van der Waals surface area contributed by atoms with Crippen molar-refractivity contribution in [2.24, 2.45) is 0 Å². The van der Waals surface area contributed by atoms with Crippen LogP contribution in [0.3, 0.4) is 0 Å². The van der Waals surface area contributed by atoms with Gasteiger partial charge < -0.3 is 18.8 Å². The molecule has 1 amide bonds. The average molecular weight is 275 g/mol. The van der Waals surface area contributed by atoms with E-state index in [-0.39, 0.29) is 17.9 Å². The maximum absolute atomic E-state index is 11.7. The minimum Gasteiger partial charge on any atom is -0.423 e. The highest BCUT2D eigenvalue weighted by atomic mass is 28.4. The molecule has 1 aliphatic rings. The number of carbonyl (C=O) groups excluding carboxylic acids is 1. The number of hydrogen-bond acceptors (Lipinski definition) is 4. The molecule has 0 spiro atoms. The Morgan fingerprint density at radius 3 is 2.33 bits per heavy atom. The van der Waals surface area contributed by atoms with Crippen molar-refractivity contribution in [1.29, 1.82) is 0 Å². The van der Waals surface area contributed by atoms with Crippen LogP contribution in [0.25, 0.3) is 0 Å². The second kappa shape index (κ2) is 6.03. The van der Waals surface area contributed by atoms with Crippen LogP contribution in [0.5, 0.6) is 0 Å². The normalized spacial score (nSPS) is 17.7. The lowest BCUT2D eigenvalue weighted by Gasteiger charge is -2.36. The van der Waals surface area contributed by atoms with Gasteiger partial charge in [-0.05, 0) is 18.1 Å². The standard InChI is InChI=1S/C12H25NO4Si/c1-12(2,3)18(4,5)17-10-16-11(14)13-6-8-15-9-7-13/h6-10H2,1-5H3. The molecule has 0 bridgehead atoms. The quantitative estimate of drug-likeness (QED) is 0.586. The van der Waals surface area contributed by atoms with Gasteiger partial charge in [0.05, 0.1) is 13.2 Å². The summed E-state index contributed by atoms with van der Waals surface area (Å²) in [5, 5.41) is 0.123. The maximum atomic E-state index is 11.7. The van der Waals surface area contributed by atoms with Gasteiger partial charge in [-0.25, -0.2) is 4.79 Å². The van der Waals surface area contributed by atoms with Gasteiger partial charge in [-0.15, -0.1) is 0 Å². The molecule has 1 fully saturated rings. The van der Waals surface area contributed by atoms with Gasteiger partial charge in [0.2, 0.25) is 0 Å². The Balaban J connectivity index is 2.31. The third-order valence-corrected chi connectivity index (χ3v) is 8.13. The fourth-order valence-corrected chi connectivity index (χ4v) is 2.07. The SMILES string of the molecule is CC(C)(C)[Si](C)(C)OCOC(=O)N1CCOCC1. The van der Waals surface area contributed by atoms with Crippen LogP contribution in [0.4, 0.5) is 4.79 Å². The summed E-state index contributed by atoms with van der Waals surface area (Å²) in [6.45, 7) is 13.1. The Kier molecular flexibility index (Phi) is 5.18. The third-order valence-electron chi connectivity index (χ3n) is 3.68. The lowest BCUT2D eigenvalue weighted by molar-refractivity contribution is -0.00196. The molecule has 1 heterocycles. The van der Waals surface area contributed by atoms with Gasteiger partial charge in [0.15, 0.2) is 15.1 Å². The molecule has 5 nitrogen and oxygen atoms in total. The molecule has 6 heteroatoms. The number of nitrogens with zero attached hydrogens (tertiary/aromatic N) is 1. The summed E-state index contributed by atoms with van der Waals surface area (Å²) in [5.74, 6) is 0. The Hall–Kier alpha value is -0.593. The molecule has 1 saturated heterocycles. The van der Waals surface area contributed by atoms with Crippen LogP contribution < -0.4 is 0 Å². The van der Waals surface area contributed by atoms with Crippen LogP contribution in [0, 0.1) is 0 Å². The van der Waals surface area contributed by atoms with Crippen LogP contribution in [0.1, 0.15) is 20.8 Å². The average Bonchev–Trinajstić information content (AvgIpc) is 2.28. The van der Waals surface area contributed by atoms with Crippen molar-refractivity contribution in [1.82, 2.24) is 4.90 Å². The second-order valence-electron chi connectivity index (χ2n) is 6.03. The zero-order valence-electron chi connectivity index (χ0n) is 12.1. The molecule has 0 atom stereocenters. The molecule has 0 aromatic heterocycles. The highest BCUT2D eigenvalue weighted by Crippen LogP contribution is 2.36. The molecule has 106 valence electrons. The number of morpholine rings is 1. The molecule has 1 aliphatic heterocycles. The molecule has 1 rings (SSSR count). The van der Waals surface area contributed by atoms with Gasteiger partial charge in [-0.1, -0.05) is 20.8 Å². The molecule has 0 aliphatic carbocycles. The van der Waals surface area contributed by atoms with Crippen molar-refractivity contribution < 1.29 is 18.7 Å². The lowest BCUT2D eigenvalue weighted by Crippen LogP contribution is -2.44. The van der Waals surface area contributed by atoms with Gasteiger partial charge in [0, 0.05) is 13.1 Å². The molecular formula is C12H25NO4Si. The lowest BCUT2D eigenvalue weighted by atomic mass is 10.2. The highest BCUT2D eigenvalue weighted by Gasteiger charge is 2.37. The van der Waals surface area contributed by atoms with E-state index in [0.717, 1.165) is 0 Å². The van der Waals surface area contributed by atoms with Crippen LogP contribution in [0.15, 0.2) is 0 Å². The Morgan fingerprint density at radius 1 is 1.28 bits per heavy atom. The minimum atomic E-state index is -1.84. The van der Waals surface area contributed by atoms with Gasteiger partial charge in [-0.3, -0.25) is 0 Å². The predicted octanol–water partition coefficient (Wildman–Crippen LogP) is 2.43. The third kappa shape index (κ3) is 4.26. The monoisotopic (exact) mass is 275 g/mol. The summed E-state index contributed by atoms with van der Waals surface area (Å²) in [4.78, 5) is 13.4. The topological polar surface area (TPSA) is 48.0 Å². The van der Waals surface area contributed by atoms with E-state index >= 15 is 0 Å². The maximum Gasteiger partial charge on any atom is 0.412 e. The first-order chi connectivity index (χ1) is 8.24. The van der Waals surface area contributed by atoms with Gasteiger partial charge in [0.25, 0.3) is 0 Å². The number of carbonyl (C=O) groups is 1. The summed E-state index contributed by atoms with van der Waals surface area (Å²) in [7, 11) is -1.84. The first-order valence-electron chi connectivity index (χ1n) is 6.37. The highest BCUT2D eigenvalue weighted by molar-refractivity contribution is 6.74. The van der Waals surface area contributed by atoms with E-state index in [1.54, 1.807) is 4.90 Å². The first-order valence-corrected chi connectivity index (χ1v) is 9.28. The number of ether oxygens (including phenoxy) is 2. The van der Waals surface area contributed by atoms with Crippen LogP contribution in [-0.2, 0) is 13.9 Å². The summed E-state index contributed by atoms with van der Waals surface area (Å²) in [6.07, 6.45) is -0.308. The first kappa shape index (κ1) is 15.5. The Bertz CT molecular complexity index is 282. The molecule has 0 radical (unpaired) electrons. The molecule has 0 aromatic carbocycles. The molecule has 0 aromatic rings. The predicted molar refractivity (Wildman–Crippen MR) is 72.0 cm³/mol. The van der Waals surface area contributed by atoms with E-state index in [1.807, 2.05) is 0 Å². The Morgan fingerprint density at radius 2 is 1.83 bits per heavy atom. The van der Waals surface area contributed by atoms with Crippen molar-refractivity contribution in [2.75, 3.05) is 33.1 Å². The number of rotatable bonds is 3. The molecule has 0 unspecified atom stereocenters. The van der Waals surface area contributed by atoms with E-state index in [2.05, 4.69) is 33.9 Å². The van der Waals surface area contributed by atoms with E-state index in [0.29, 0.717) is 26.3 Å². The zero-order valence-corrected chi connectivity index (χ0v) is 13.1. The van der Waals surface area contributed by atoms with Crippen molar-refractivity contribution >= 4 is 14.4 Å². The summed E-state index contributed by atoms with van der Waals surface area (Å²) >= 11 is 0. The summed E-state index contributed by atoms with van der Waals surface area (Å²) in [6, 6.07) is 0. The fraction of sp³-hybridized carbons (Fsp3) is 0.917. The van der Waals surface area contributed by atoms with Gasteiger partial charge >= 0.3 is 6.09 Å². The van der Waals surface area contributed by atoms with Gasteiger partial charge in [-0.2, -0.15) is 0 Å². The van der Waals surface area contributed by atoms with Crippen molar-refractivity contribution in [3.63, 3.8) is 0 Å². The molecule has 0 saturated carbocycles. The van der Waals surface area contributed by atoms with Crippen LogP contribution in [0.2, 0.25) is 18.1 Å². The van der Waals surface area contributed by atoms with E-state index in [1.165, 1.54) is 0 Å². The van der Waals surface area contributed by atoms with Crippen molar-refractivity contribution in [3.05, 3.63) is 0 Å². The molecule has 18 heavy (non-hydrogen) atoms. The van der Waals surface area contributed by atoms with Crippen LogP contribution >= 0.6 is 0 Å². The molecule has 0 N–H and O–H groups in total. The van der Waals surface area contributed by atoms with Crippen molar-refractivity contribution in [2.45, 2.75) is 38.9 Å². The van der Waals surface area contributed by atoms with E-state index < -0.39 is 8.32 Å². The number of amides is 1. The second-order valence-corrected chi connectivity index (χ2v) is 10.8.